The molecule has 0 spiro atoms. The van der Waals surface area contributed by atoms with Crippen molar-refractivity contribution in [3.63, 3.8) is 0 Å². The van der Waals surface area contributed by atoms with E-state index in [9.17, 15) is 0 Å². The molecule has 1 N–H and O–H groups in total. The van der Waals surface area contributed by atoms with Gasteiger partial charge in [-0.2, -0.15) is 0 Å². The number of rotatable bonds is 4. The van der Waals surface area contributed by atoms with E-state index < -0.39 is 0 Å². The molecule has 86 valence electrons. The maximum Gasteiger partial charge on any atom is 0.109 e. The van der Waals surface area contributed by atoms with Gasteiger partial charge >= 0.3 is 0 Å². The minimum absolute atomic E-state index is 0.318. The second-order valence-corrected chi connectivity index (χ2v) is 5.36. The van der Waals surface area contributed by atoms with Crippen molar-refractivity contribution in [3.8, 4) is 0 Å². The summed E-state index contributed by atoms with van der Waals surface area (Å²) in [4.78, 5) is 5.65. The molecule has 2 aromatic heterocycles. The summed E-state index contributed by atoms with van der Waals surface area (Å²) in [7, 11) is 2.04. The fourth-order valence-corrected chi connectivity index (χ4v) is 2.40. The lowest BCUT2D eigenvalue weighted by molar-refractivity contribution is 0.571. The maximum absolute atomic E-state index is 4.38. The van der Waals surface area contributed by atoms with Crippen LogP contribution in [-0.4, -0.2) is 9.55 Å². The Kier molecular flexibility index (Phi) is 3.41. The number of hydrogen-bond acceptors (Lipinski definition) is 3. The summed E-state index contributed by atoms with van der Waals surface area (Å²) in [6, 6.07) is 2.45. The highest BCUT2D eigenvalue weighted by molar-refractivity contribution is 7.11. The number of nitrogens with one attached hydrogen (secondary N) is 1. The highest BCUT2D eigenvalue weighted by Crippen LogP contribution is 2.19. The summed E-state index contributed by atoms with van der Waals surface area (Å²) in [5, 5.41) is 4.64. The van der Waals surface area contributed by atoms with Crippen molar-refractivity contribution in [1.29, 1.82) is 0 Å². The van der Waals surface area contributed by atoms with Gasteiger partial charge in [-0.3, -0.25) is 0 Å². The molecule has 2 rings (SSSR count). The molecule has 0 bridgehead atoms. The highest BCUT2D eigenvalue weighted by atomic mass is 32.1. The van der Waals surface area contributed by atoms with E-state index in [-0.39, 0.29) is 0 Å². The van der Waals surface area contributed by atoms with E-state index in [0.717, 1.165) is 11.6 Å². The van der Waals surface area contributed by atoms with Gasteiger partial charge in [0.15, 0.2) is 0 Å². The van der Waals surface area contributed by atoms with Gasteiger partial charge in [-0.25, -0.2) is 4.98 Å². The number of nitrogens with zero attached hydrogens (tertiary/aromatic N) is 2. The second-order valence-electron chi connectivity index (χ2n) is 4.10. The lowest BCUT2D eigenvalue weighted by Gasteiger charge is -2.09. The van der Waals surface area contributed by atoms with Crippen LogP contribution in [0.5, 0.6) is 0 Å². The quantitative estimate of drug-likeness (QED) is 0.883. The van der Waals surface area contributed by atoms with Crippen molar-refractivity contribution in [2.45, 2.75) is 26.4 Å². The Balaban J connectivity index is 1.91. The Hall–Kier alpha value is -1.13. The first-order valence-electron chi connectivity index (χ1n) is 5.41. The smallest absolute Gasteiger partial charge is 0.109 e. The van der Waals surface area contributed by atoms with Crippen molar-refractivity contribution in [3.05, 3.63) is 40.1 Å². The van der Waals surface area contributed by atoms with Gasteiger partial charge in [0.2, 0.25) is 0 Å². The molecule has 1 unspecified atom stereocenters. The zero-order valence-electron chi connectivity index (χ0n) is 9.90. The molecular weight excluding hydrogens is 218 g/mol. The number of hydrogen-bond donors (Lipinski definition) is 1. The normalized spacial score (nSPS) is 12.9. The summed E-state index contributed by atoms with van der Waals surface area (Å²) < 4.78 is 2.06. The molecule has 0 radical (unpaired) electrons. The fraction of sp³-hybridized carbons (Fsp3) is 0.417. The highest BCUT2D eigenvalue weighted by Gasteiger charge is 2.08. The van der Waals surface area contributed by atoms with Crippen LogP contribution in [-0.2, 0) is 13.6 Å². The standard InChI is InChI=1S/C12H17N3S/c1-9-6-14-12(16-9)10(2)13-7-11-4-5-15(3)8-11/h4-6,8,10,13H,7H2,1-3H3. The topological polar surface area (TPSA) is 29.9 Å². The summed E-state index contributed by atoms with van der Waals surface area (Å²) in [6.07, 6.45) is 6.13. The van der Waals surface area contributed by atoms with E-state index in [1.54, 1.807) is 11.3 Å². The molecule has 0 amide bonds. The Morgan fingerprint density at radius 2 is 2.38 bits per heavy atom. The van der Waals surface area contributed by atoms with Crippen molar-refractivity contribution >= 4 is 11.3 Å². The monoisotopic (exact) mass is 235 g/mol. The van der Waals surface area contributed by atoms with Gasteiger partial charge in [-0.05, 0) is 25.5 Å². The van der Waals surface area contributed by atoms with Crippen molar-refractivity contribution in [2.24, 2.45) is 7.05 Å². The molecule has 2 heterocycles. The van der Waals surface area contributed by atoms with E-state index in [2.05, 4.69) is 47.2 Å². The Morgan fingerprint density at radius 3 is 2.94 bits per heavy atom. The largest absolute Gasteiger partial charge is 0.357 e. The van der Waals surface area contributed by atoms with Crippen LogP contribution in [0.1, 0.15) is 28.4 Å². The lowest BCUT2D eigenvalue weighted by atomic mass is 10.3. The van der Waals surface area contributed by atoms with Crippen LogP contribution >= 0.6 is 11.3 Å². The minimum Gasteiger partial charge on any atom is -0.357 e. The van der Waals surface area contributed by atoms with Gasteiger partial charge < -0.3 is 9.88 Å². The number of aryl methyl sites for hydroxylation is 2. The van der Waals surface area contributed by atoms with Gasteiger partial charge in [0, 0.05) is 37.1 Å². The van der Waals surface area contributed by atoms with Crippen LogP contribution in [0, 0.1) is 6.92 Å². The number of aromatic nitrogens is 2. The molecule has 0 aliphatic rings. The molecule has 0 aliphatic carbocycles. The molecule has 3 nitrogen and oxygen atoms in total. The Labute approximate surface area is 100 Å². The first-order valence-corrected chi connectivity index (χ1v) is 6.23. The van der Waals surface area contributed by atoms with Gasteiger partial charge in [0.05, 0.1) is 6.04 Å². The van der Waals surface area contributed by atoms with E-state index in [1.807, 2.05) is 13.2 Å². The molecule has 0 saturated carbocycles. The van der Waals surface area contributed by atoms with E-state index >= 15 is 0 Å². The van der Waals surface area contributed by atoms with E-state index in [0.29, 0.717) is 6.04 Å². The van der Waals surface area contributed by atoms with Crippen LogP contribution in [0.3, 0.4) is 0 Å². The molecule has 1 atom stereocenters. The first-order chi connectivity index (χ1) is 7.65. The van der Waals surface area contributed by atoms with Crippen LogP contribution in [0.15, 0.2) is 24.7 Å². The van der Waals surface area contributed by atoms with Crippen LogP contribution in [0.2, 0.25) is 0 Å². The molecule has 16 heavy (non-hydrogen) atoms. The summed E-state index contributed by atoms with van der Waals surface area (Å²) in [5.74, 6) is 0. The average Bonchev–Trinajstić information content (AvgIpc) is 2.84. The predicted molar refractivity (Wildman–Crippen MR) is 67.5 cm³/mol. The molecular formula is C12H17N3S. The van der Waals surface area contributed by atoms with Gasteiger partial charge in [0.1, 0.15) is 5.01 Å². The molecule has 4 heteroatoms. The second kappa shape index (κ2) is 4.80. The van der Waals surface area contributed by atoms with E-state index in [4.69, 9.17) is 0 Å². The average molecular weight is 235 g/mol. The number of thiazole rings is 1. The lowest BCUT2D eigenvalue weighted by Crippen LogP contribution is -2.17. The van der Waals surface area contributed by atoms with Crippen molar-refractivity contribution < 1.29 is 0 Å². The zero-order chi connectivity index (χ0) is 11.5. The third-order valence-electron chi connectivity index (χ3n) is 2.52. The fourth-order valence-electron chi connectivity index (χ4n) is 1.60. The predicted octanol–water partition coefficient (Wildman–Crippen LogP) is 2.64. The summed E-state index contributed by atoms with van der Waals surface area (Å²) in [6.45, 7) is 5.13. The van der Waals surface area contributed by atoms with Crippen LogP contribution in [0.25, 0.3) is 0 Å². The zero-order valence-corrected chi connectivity index (χ0v) is 10.7. The molecule has 0 aromatic carbocycles. The summed E-state index contributed by atoms with van der Waals surface area (Å²) in [5.41, 5.74) is 1.31. The van der Waals surface area contributed by atoms with Crippen molar-refractivity contribution in [2.75, 3.05) is 0 Å². The molecule has 0 aliphatic heterocycles. The third kappa shape index (κ3) is 2.71. The van der Waals surface area contributed by atoms with E-state index in [1.165, 1.54) is 10.4 Å². The van der Waals surface area contributed by atoms with Gasteiger partial charge in [-0.15, -0.1) is 11.3 Å². The summed E-state index contributed by atoms with van der Waals surface area (Å²) >= 11 is 1.76. The SMILES string of the molecule is Cc1cnc(C(C)NCc2ccn(C)c2)s1. The van der Waals surface area contributed by atoms with Gasteiger partial charge in [0.25, 0.3) is 0 Å². The molecule has 0 fully saturated rings. The van der Waals surface area contributed by atoms with Gasteiger partial charge in [-0.1, -0.05) is 0 Å². The first kappa shape index (κ1) is 11.4. The maximum atomic E-state index is 4.38. The third-order valence-corrected chi connectivity index (χ3v) is 3.61. The molecule has 0 saturated heterocycles. The van der Waals surface area contributed by atoms with Crippen LogP contribution < -0.4 is 5.32 Å². The molecule has 2 aromatic rings. The minimum atomic E-state index is 0.318. The van der Waals surface area contributed by atoms with Crippen molar-refractivity contribution in [1.82, 2.24) is 14.9 Å². The Bertz CT molecular complexity index is 458. The van der Waals surface area contributed by atoms with Crippen LogP contribution in [0.4, 0.5) is 0 Å². The Morgan fingerprint density at radius 1 is 1.56 bits per heavy atom.